The molecule has 1 aromatic carbocycles. The molecule has 5 rings (SSSR count). The maximum absolute atomic E-state index is 14.1. The van der Waals surface area contributed by atoms with Crippen LogP contribution in [-0.4, -0.2) is 44.7 Å². The molecule has 1 saturated heterocycles. The standard InChI is InChI=1S/C23H26FN5O5/c1-22(2)21-27-17(18(31)20(33)28(21)7-8-34-22)19(32)26-11-12-3-4-13(24)9-14(12)29-16(30)5-6-23(29)10-15(23)25/h3-4,9,15,31H,5-8,10-11,25H2,1-2H3,(H,26,32)/t15-,23-/m1/s1. The molecule has 2 amide bonds. The van der Waals surface area contributed by atoms with Gasteiger partial charge in [-0.15, -0.1) is 0 Å². The van der Waals surface area contributed by atoms with E-state index in [1.807, 2.05) is 0 Å². The van der Waals surface area contributed by atoms with Gasteiger partial charge in [-0.1, -0.05) is 6.07 Å². The lowest BCUT2D eigenvalue weighted by Gasteiger charge is -2.32. The van der Waals surface area contributed by atoms with Gasteiger partial charge in [0.05, 0.1) is 24.4 Å². The molecule has 34 heavy (non-hydrogen) atoms. The third kappa shape index (κ3) is 3.38. The number of aromatic nitrogens is 2. The number of carbonyl (C=O) groups is 2. The first-order valence-corrected chi connectivity index (χ1v) is 11.2. The van der Waals surface area contributed by atoms with Crippen LogP contribution in [0, 0.1) is 5.82 Å². The van der Waals surface area contributed by atoms with E-state index >= 15 is 0 Å². The molecule has 0 unspecified atom stereocenters. The number of anilines is 1. The molecule has 1 spiro atoms. The van der Waals surface area contributed by atoms with Crippen LogP contribution in [0.25, 0.3) is 0 Å². The lowest BCUT2D eigenvalue weighted by atomic mass is 10.1. The van der Waals surface area contributed by atoms with Crippen LogP contribution in [0.1, 0.15) is 55.0 Å². The first-order valence-electron chi connectivity index (χ1n) is 11.2. The van der Waals surface area contributed by atoms with Crippen molar-refractivity contribution in [1.82, 2.24) is 14.9 Å². The molecule has 1 saturated carbocycles. The number of ether oxygens (including phenoxy) is 1. The highest BCUT2D eigenvalue weighted by atomic mass is 19.1. The van der Waals surface area contributed by atoms with E-state index in [1.54, 1.807) is 18.7 Å². The first kappa shape index (κ1) is 22.5. The molecule has 3 aliphatic rings. The van der Waals surface area contributed by atoms with Gasteiger partial charge in [0.2, 0.25) is 11.7 Å². The summed E-state index contributed by atoms with van der Waals surface area (Å²) in [5, 5.41) is 13.0. The Kier molecular flexibility index (Phi) is 5.03. The van der Waals surface area contributed by atoms with Crippen molar-refractivity contribution in [1.29, 1.82) is 0 Å². The quantitative estimate of drug-likeness (QED) is 0.601. The predicted molar refractivity (Wildman–Crippen MR) is 119 cm³/mol. The minimum Gasteiger partial charge on any atom is -0.501 e. The van der Waals surface area contributed by atoms with Crippen LogP contribution in [0.3, 0.4) is 0 Å². The smallest absolute Gasteiger partial charge is 0.296 e. The minimum absolute atomic E-state index is 0.0804. The average molecular weight is 471 g/mol. The van der Waals surface area contributed by atoms with E-state index in [2.05, 4.69) is 10.3 Å². The van der Waals surface area contributed by atoms with Crippen molar-refractivity contribution in [3.05, 3.63) is 51.5 Å². The van der Waals surface area contributed by atoms with E-state index in [9.17, 15) is 23.9 Å². The fourth-order valence-corrected chi connectivity index (χ4v) is 5.02. The molecule has 3 heterocycles. The summed E-state index contributed by atoms with van der Waals surface area (Å²) < 4.78 is 21.1. The molecule has 2 aliphatic heterocycles. The third-order valence-electron chi connectivity index (χ3n) is 6.97. The Bertz CT molecular complexity index is 1280. The lowest BCUT2D eigenvalue weighted by Crippen LogP contribution is -2.42. The lowest BCUT2D eigenvalue weighted by molar-refractivity contribution is -0.117. The van der Waals surface area contributed by atoms with Gasteiger partial charge in [0, 0.05) is 19.0 Å². The summed E-state index contributed by atoms with van der Waals surface area (Å²) in [6.07, 6.45) is 1.56. The molecular weight excluding hydrogens is 445 g/mol. The zero-order chi connectivity index (χ0) is 24.4. The topological polar surface area (TPSA) is 140 Å². The van der Waals surface area contributed by atoms with Crippen LogP contribution in [0.2, 0.25) is 0 Å². The van der Waals surface area contributed by atoms with Crippen LogP contribution in [0.4, 0.5) is 10.1 Å². The molecule has 2 fully saturated rings. The van der Waals surface area contributed by atoms with Gasteiger partial charge in [-0.25, -0.2) is 9.37 Å². The predicted octanol–water partition coefficient (Wildman–Crippen LogP) is 0.880. The molecule has 4 N–H and O–H groups in total. The van der Waals surface area contributed by atoms with Crippen molar-refractivity contribution in [2.75, 3.05) is 11.5 Å². The van der Waals surface area contributed by atoms with E-state index in [0.717, 1.165) is 0 Å². The Morgan fingerprint density at radius 2 is 2.12 bits per heavy atom. The molecule has 1 aliphatic carbocycles. The molecule has 11 heteroatoms. The molecule has 2 aromatic rings. The monoisotopic (exact) mass is 471 g/mol. The Labute approximate surface area is 194 Å². The van der Waals surface area contributed by atoms with Crippen LogP contribution < -0.4 is 21.5 Å². The Balaban J connectivity index is 1.44. The number of rotatable bonds is 4. The highest BCUT2D eigenvalue weighted by Crippen LogP contribution is 2.51. The number of benzene rings is 1. The van der Waals surface area contributed by atoms with Crippen molar-refractivity contribution >= 4 is 17.5 Å². The summed E-state index contributed by atoms with van der Waals surface area (Å²) in [7, 11) is 0. The maximum Gasteiger partial charge on any atom is 0.296 e. The van der Waals surface area contributed by atoms with Gasteiger partial charge in [-0.05, 0) is 44.4 Å². The number of aromatic hydroxyl groups is 1. The molecular formula is C23H26FN5O5. The third-order valence-corrected chi connectivity index (χ3v) is 6.97. The number of nitrogens with two attached hydrogens (primary N) is 1. The minimum atomic E-state index is -0.919. The second kappa shape index (κ2) is 7.60. The van der Waals surface area contributed by atoms with Gasteiger partial charge in [-0.2, -0.15) is 0 Å². The van der Waals surface area contributed by atoms with Gasteiger partial charge < -0.3 is 25.8 Å². The number of nitrogens with zero attached hydrogens (tertiary/aromatic N) is 3. The number of hydrogen-bond acceptors (Lipinski definition) is 7. The van der Waals surface area contributed by atoms with E-state index in [0.29, 0.717) is 30.5 Å². The van der Waals surface area contributed by atoms with Crippen molar-refractivity contribution in [2.45, 2.75) is 63.4 Å². The summed E-state index contributed by atoms with van der Waals surface area (Å²) in [6, 6.07) is 3.81. The number of amides is 2. The second-order valence-corrected chi connectivity index (χ2v) is 9.55. The largest absolute Gasteiger partial charge is 0.501 e. The second-order valence-electron chi connectivity index (χ2n) is 9.55. The molecule has 2 atom stereocenters. The van der Waals surface area contributed by atoms with E-state index in [-0.39, 0.29) is 37.5 Å². The number of nitrogens with one attached hydrogen (secondary N) is 1. The van der Waals surface area contributed by atoms with E-state index in [1.165, 1.54) is 22.8 Å². The fourth-order valence-electron chi connectivity index (χ4n) is 5.02. The van der Waals surface area contributed by atoms with Gasteiger partial charge in [0.1, 0.15) is 17.2 Å². The molecule has 0 radical (unpaired) electrons. The van der Waals surface area contributed by atoms with Gasteiger partial charge in [0.15, 0.2) is 5.69 Å². The molecule has 0 bridgehead atoms. The van der Waals surface area contributed by atoms with Crippen molar-refractivity contribution in [2.24, 2.45) is 5.73 Å². The normalized spacial score (nSPS) is 24.9. The summed E-state index contributed by atoms with van der Waals surface area (Å²) >= 11 is 0. The average Bonchev–Trinajstić information content (AvgIpc) is 3.31. The zero-order valence-electron chi connectivity index (χ0n) is 18.9. The highest BCUT2D eigenvalue weighted by Gasteiger charge is 2.61. The summed E-state index contributed by atoms with van der Waals surface area (Å²) in [5.74, 6) is -1.95. The number of halogens is 1. The molecule has 10 nitrogen and oxygen atoms in total. The Morgan fingerprint density at radius 1 is 1.38 bits per heavy atom. The van der Waals surface area contributed by atoms with Crippen molar-refractivity contribution in [3.63, 3.8) is 0 Å². The van der Waals surface area contributed by atoms with Crippen LogP contribution in [-0.2, 0) is 28.2 Å². The van der Waals surface area contributed by atoms with Crippen LogP contribution >= 0.6 is 0 Å². The maximum atomic E-state index is 14.1. The number of hydrogen-bond donors (Lipinski definition) is 3. The van der Waals surface area contributed by atoms with Gasteiger partial charge in [0.25, 0.3) is 11.5 Å². The first-order chi connectivity index (χ1) is 16.0. The van der Waals surface area contributed by atoms with E-state index < -0.39 is 39.9 Å². The van der Waals surface area contributed by atoms with Gasteiger partial charge in [-0.3, -0.25) is 19.0 Å². The zero-order valence-corrected chi connectivity index (χ0v) is 18.9. The highest BCUT2D eigenvalue weighted by molar-refractivity contribution is 5.99. The SMILES string of the molecule is CC1(C)OCCn2c1nc(C(=O)NCc1ccc(F)cc1N1C(=O)CC[C@]13C[C@H]3N)c(O)c2=O. The Hall–Kier alpha value is -3.31. The number of fused-ring (bicyclic) bond motifs is 1. The molecule has 180 valence electrons. The van der Waals surface area contributed by atoms with Crippen LogP contribution in [0.15, 0.2) is 23.0 Å². The number of carbonyl (C=O) groups excluding carboxylic acids is 2. The summed E-state index contributed by atoms with van der Waals surface area (Å²) in [4.78, 5) is 44.0. The van der Waals surface area contributed by atoms with Crippen molar-refractivity contribution in [3.8, 4) is 5.75 Å². The van der Waals surface area contributed by atoms with E-state index in [4.69, 9.17) is 10.5 Å². The van der Waals surface area contributed by atoms with Gasteiger partial charge >= 0.3 is 0 Å². The van der Waals surface area contributed by atoms with Crippen LogP contribution in [0.5, 0.6) is 5.75 Å². The summed E-state index contributed by atoms with van der Waals surface area (Å²) in [6.45, 7) is 3.86. The van der Waals surface area contributed by atoms with Crippen molar-refractivity contribution < 1.29 is 23.8 Å². The Morgan fingerprint density at radius 3 is 2.82 bits per heavy atom. The fraction of sp³-hybridized carbons (Fsp3) is 0.478. The summed E-state index contributed by atoms with van der Waals surface area (Å²) in [5.41, 5.74) is 4.40. The molecule has 1 aromatic heterocycles.